The molecule has 0 aromatic heterocycles. The monoisotopic (exact) mass is 209 g/mol. The number of carbonyl (C=O) groups is 2. The van der Waals surface area contributed by atoms with Crippen molar-refractivity contribution in [3.8, 4) is 0 Å². The van der Waals surface area contributed by atoms with Crippen LogP contribution in [-0.4, -0.2) is 29.2 Å². The number of amides is 1. The van der Waals surface area contributed by atoms with Crippen LogP contribution in [0.4, 0.5) is 0 Å². The molecule has 2 unspecified atom stereocenters. The number of likely N-dealkylation sites (tertiary alicyclic amines) is 1. The second-order valence-corrected chi connectivity index (χ2v) is 4.77. The molecule has 2 fully saturated rings. The van der Waals surface area contributed by atoms with Gasteiger partial charge in [0, 0.05) is 19.0 Å². The predicted molar refractivity (Wildman–Crippen MR) is 57.4 cm³/mol. The lowest BCUT2D eigenvalue weighted by Crippen LogP contribution is -2.40. The highest BCUT2D eigenvalue weighted by molar-refractivity contribution is 6.37. The third kappa shape index (κ3) is 2.06. The molecule has 84 valence electrons. The molecule has 15 heavy (non-hydrogen) atoms. The number of Topliss-reactive ketones (excluding diaryl/α,β-unsaturated/α-hetero) is 1. The van der Waals surface area contributed by atoms with E-state index in [0.29, 0.717) is 19.0 Å². The summed E-state index contributed by atoms with van der Waals surface area (Å²) in [7, 11) is 0. The summed E-state index contributed by atoms with van der Waals surface area (Å²) in [5, 5.41) is 0. The van der Waals surface area contributed by atoms with Crippen molar-refractivity contribution in [1.29, 1.82) is 0 Å². The summed E-state index contributed by atoms with van der Waals surface area (Å²) >= 11 is 0. The maximum Gasteiger partial charge on any atom is 0.290 e. The first-order valence-electron chi connectivity index (χ1n) is 6.06. The second-order valence-electron chi connectivity index (χ2n) is 4.77. The van der Waals surface area contributed by atoms with E-state index < -0.39 is 0 Å². The van der Waals surface area contributed by atoms with Gasteiger partial charge < -0.3 is 4.90 Å². The Morgan fingerprint density at radius 2 is 2.13 bits per heavy atom. The van der Waals surface area contributed by atoms with Crippen molar-refractivity contribution in [3.05, 3.63) is 0 Å². The number of rotatable bonds is 2. The molecule has 1 aliphatic carbocycles. The Morgan fingerprint density at radius 1 is 1.33 bits per heavy atom. The van der Waals surface area contributed by atoms with Crippen LogP contribution >= 0.6 is 0 Å². The van der Waals surface area contributed by atoms with Crippen LogP contribution in [0.25, 0.3) is 0 Å². The van der Waals surface area contributed by atoms with Gasteiger partial charge in [-0.3, -0.25) is 9.59 Å². The van der Waals surface area contributed by atoms with Gasteiger partial charge in [-0.1, -0.05) is 26.2 Å². The zero-order chi connectivity index (χ0) is 10.8. The number of hydrogen-bond donors (Lipinski definition) is 0. The molecule has 1 saturated heterocycles. The molecule has 3 nitrogen and oxygen atoms in total. The van der Waals surface area contributed by atoms with Crippen LogP contribution in [0, 0.1) is 5.92 Å². The molecule has 2 atom stereocenters. The fourth-order valence-corrected chi connectivity index (χ4v) is 2.86. The molecule has 0 N–H and O–H groups in total. The van der Waals surface area contributed by atoms with Gasteiger partial charge in [0.25, 0.3) is 5.91 Å². The maximum absolute atomic E-state index is 11.6. The number of carbonyl (C=O) groups excluding carboxylic acids is 2. The molecule has 0 bridgehead atoms. The highest BCUT2D eigenvalue weighted by Gasteiger charge is 2.36. The first-order chi connectivity index (χ1) is 7.22. The number of ketones is 1. The van der Waals surface area contributed by atoms with Crippen molar-refractivity contribution >= 4 is 11.7 Å². The predicted octanol–water partition coefficient (Wildman–Crippen LogP) is 1.76. The summed E-state index contributed by atoms with van der Waals surface area (Å²) in [6, 6.07) is 0.350. The lowest BCUT2D eigenvalue weighted by Gasteiger charge is -2.34. The Balaban J connectivity index is 1.98. The van der Waals surface area contributed by atoms with Crippen LogP contribution in [-0.2, 0) is 9.59 Å². The molecule has 1 amide bonds. The molecule has 0 aromatic carbocycles. The third-order valence-corrected chi connectivity index (χ3v) is 3.85. The van der Waals surface area contributed by atoms with E-state index in [1.807, 2.05) is 4.90 Å². The number of nitrogens with zero attached hydrogens (tertiary/aromatic N) is 1. The topological polar surface area (TPSA) is 37.4 Å². The smallest absolute Gasteiger partial charge is 0.290 e. The zero-order valence-electron chi connectivity index (χ0n) is 9.37. The Morgan fingerprint density at radius 3 is 2.73 bits per heavy atom. The van der Waals surface area contributed by atoms with Crippen LogP contribution < -0.4 is 0 Å². The molecule has 0 aromatic rings. The first kappa shape index (κ1) is 10.7. The van der Waals surface area contributed by atoms with Crippen LogP contribution in [0.15, 0.2) is 0 Å². The Labute approximate surface area is 90.8 Å². The highest BCUT2D eigenvalue weighted by atomic mass is 16.2. The Hall–Kier alpha value is -0.860. The first-order valence-corrected chi connectivity index (χ1v) is 6.06. The molecule has 1 heterocycles. The lowest BCUT2D eigenvalue weighted by molar-refractivity contribution is -0.141. The van der Waals surface area contributed by atoms with Crippen molar-refractivity contribution in [2.45, 2.75) is 51.5 Å². The number of hydrogen-bond acceptors (Lipinski definition) is 2. The highest BCUT2D eigenvalue weighted by Crippen LogP contribution is 2.31. The van der Waals surface area contributed by atoms with Crippen molar-refractivity contribution in [2.75, 3.05) is 6.54 Å². The summed E-state index contributed by atoms with van der Waals surface area (Å²) in [5.74, 6) is 0.345. The van der Waals surface area contributed by atoms with Gasteiger partial charge in [0.2, 0.25) is 5.78 Å². The van der Waals surface area contributed by atoms with Crippen LogP contribution in [0.3, 0.4) is 0 Å². The van der Waals surface area contributed by atoms with Crippen molar-refractivity contribution < 1.29 is 9.59 Å². The normalized spacial score (nSPS) is 32.5. The minimum Gasteiger partial charge on any atom is -0.333 e. The van der Waals surface area contributed by atoms with E-state index in [4.69, 9.17) is 0 Å². The summed E-state index contributed by atoms with van der Waals surface area (Å²) in [6.45, 7) is 2.88. The quantitative estimate of drug-likeness (QED) is 0.650. The summed E-state index contributed by atoms with van der Waals surface area (Å²) in [4.78, 5) is 24.6. The van der Waals surface area contributed by atoms with Gasteiger partial charge in [-0.25, -0.2) is 0 Å². The second kappa shape index (κ2) is 4.33. The van der Waals surface area contributed by atoms with E-state index in [2.05, 4.69) is 6.92 Å². The largest absolute Gasteiger partial charge is 0.333 e. The molecule has 0 radical (unpaired) electrons. The van der Waals surface area contributed by atoms with E-state index in [-0.39, 0.29) is 11.7 Å². The standard InChI is InChI=1S/C12H19NO2/c1-2-9-4-3-5-10(8-9)13-7-6-11(14)12(13)15/h9-10H,2-8H2,1H3. The summed E-state index contributed by atoms with van der Waals surface area (Å²) in [6.07, 6.45) is 6.34. The minimum absolute atomic E-state index is 0.186. The van der Waals surface area contributed by atoms with Crippen molar-refractivity contribution in [2.24, 2.45) is 5.92 Å². The summed E-state index contributed by atoms with van der Waals surface area (Å²) < 4.78 is 0. The van der Waals surface area contributed by atoms with E-state index in [1.54, 1.807) is 0 Å². The average Bonchev–Trinajstić information content (AvgIpc) is 2.60. The van der Waals surface area contributed by atoms with Crippen molar-refractivity contribution in [3.63, 3.8) is 0 Å². The van der Waals surface area contributed by atoms with Crippen LogP contribution in [0.2, 0.25) is 0 Å². The molecule has 1 aliphatic heterocycles. The molecule has 1 saturated carbocycles. The van der Waals surface area contributed by atoms with Crippen molar-refractivity contribution in [1.82, 2.24) is 4.90 Å². The van der Waals surface area contributed by atoms with Gasteiger partial charge in [0.05, 0.1) is 0 Å². The molecule has 3 heteroatoms. The fraction of sp³-hybridized carbons (Fsp3) is 0.833. The average molecular weight is 209 g/mol. The fourth-order valence-electron chi connectivity index (χ4n) is 2.86. The van der Waals surface area contributed by atoms with Crippen LogP contribution in [0.1, 0.15) is 45.4 Å². The van der Waals surface area contributed by atoms with Gasteiger partial charge >= 0.3 is 0 Å². The third-order valence-electron chi connectivity index (χ3n) is 3.85. The van der Waals surface area contributed by atoms with Gasteiger partial charge in [-0.2, -0.15) is 0 Å². The molecular formula is C12H19NO2. The molecule has 2 rings (SSSR count). The van der Waals surface area contributed by atoms with E-state index in [1.165, 1.54) is 19.3 Å². The lowest BCUT2D eigenvalue weighted by atomic mass is 9.83. The van der Waals surface area contributed by atoms with E-state index in [0.717, 1.165) is 18.8 Å². The van der Waals surface area contributed by atoms with Gasteiger partial charge in [-0.05, 0) is 18.8 Å². The van der Waals surface area contributed by atoms with Gasteiger partial charge in [-0.15, -0.1) is 0 Å². The molecular weight excluding hydrogens is 190 g/mol. The van der Waals surface area contributed by atoms with E-state index in [9.17, 15) is 9.59 Å². The Kier molecular flexibility index (Phi) is 3.08. The SMILES string of the molecule is CCC1CCCC(N2CCC(=O)C2=O)C1. The zero-order valence-corrected chi connectivity index (χ0v) is 9.37. The van der Waals surface area contributed by atoms with Gasteiger partial charge in [0.1, 0.15) is 0 Å². The maximum atomic E-state index is 11.6. The molecule has 2 aliphatic rings. The van der Waals surface area contributed by atoms with Crippen LogP contribution in [0.5, 0.6) is 0 Å². The molecule has 0 spiro atoms. The minimum atomic E-state index is -0.225. The van der Waals surface area contributed by atoms with E-state index >= 15 is 0 Å². The summed E-state index contributed by atoms with van der Waals surface area (Å²) in [5.41, 5.74) is 0. The van der Waals surface area contributed by atoms with Gasteiger partial charge in [0.15, 0.2) is 0 Å². The Bertz CT molecular complexity index is 275.